The molecule has 36 valence electrons. The third-order valence-corrected chi connectivity index (χ3v) is 0.725. The van der Waals surface area contributed by atoms with Crippen LogP contribution >= 0.6 is 0 Å². The normalized spacial score (nSPS) is 43.0. The molecule has 0 aromatic carbocycles. The van der Waals surface area contributed by atoms with E-state index >= 15 is 0 Å². The van der Waals surface area contributed by atoms with Crippen LogP contribution in [-0.2, 0) is 4.74 Å². The van der Waals surface area contributed by atoms with E-state index in [-0.39, 0.29) is 13.2 Å². The van der Waals surface area contributed by atoms with Crippen molar-refractivity contribution in [1.82, 2.24) is 0 Å². The zero-order chi connectivity index (χ0) is 4.62. The zero-order valence-electron chi connectivity index (χ0n) is 3.22. The van der Waals surface area contributed by atoms with E-state index in [0.717, 1.165) is 0 Å². The molecular formula is C3H6O3. The molecule has 0 aromatic heterocycles. The first-order valence-electron chi connectivity index (χ1n) is 1.74. The van der Waals surface area contributed by atoms with Gasteiger partial charge in [0, 0.05) is 0 Å². The summed E-state index contributed by atoms with van der Waals surface area (Å²) in [7, 11) is 0. The van der Waals surface area contributed by atoms with Crippen molar-refractivity contribution in [1.29, 1.82) is 0 Å². The Bertz CT molecular complexity index is 57.1. The maximum atomic E-state index is 8.47. The molecule has 1 atom stereocenters. The standard InChI is InChI=1S/C3H6O3/c4-1-3(5)2-6-3/h4-5H,1-2H2/t3-/m0/s1. The molecule has 0 amide bonds. The van der Waals surface area contributed by atoms with Crippen LogP contribution in [0.25, 0.3) is 0 Å². The number of rotatable bonds is 1. The lowest BCUT2D eigenvalue weighted by Gasteiger charge is -1.91. The summed E-state index contributed by atoms with van der Waals surface area (Å²) in [5, 5.41) is 16.6. The third-order valence-electron chi connectivity index (χ3n) is 0.725. The number of epoxide rings is 1. The van der Waals surface area contributed by atoms with Gasteiger partial charge in [0.25, 0.3) is 0 Å². The van der Waals surface area contributed by atoms with Gasteiger partial charge < -0.3 is 14.9 Å². The lowest BCUT2D eigenvalue weighted by atomic mass is 10.4. The summed E-state index contributed by atoms with van der Waals surface area (Å²) in [4.78, 5) is 0. The van der Waals surface area contributed by atoms with Gasteiger partial charge in [-0.3, -0.25) is 0 Å². The second-order valence-electron chi connectivity index (χ2n) is 1.39. The summed E-state index contributed by atoms with van der Waals surface area (Å²) < 4.78 is 4.35. The van der Waals surface area contributed by atoms with Crippen LogP contribution < -0.4 is 0 Å². The molecule has 1 heterocycles. The SMILES string of the molecule is OC[C@@]1(O)CO1. The molecule has 2 N–H and O–H groups in total. The molecule has 0 aromatic rings. The minimum absolute atomic E-state index is 0.281. The van der Waals surface area contributed by atoms with Gasteiger partial charge in [-0.05, 0) is 0 Å². The molecule has 0 spiro atoms. The van der Waals surface area contributed by atoms with Crippen LogP contribution in [0.15, 0.2) is 0 Å². The minimum Gasteiger partial charge on any atom is -0.391 e. The summed E-state index contributed by atoms with van der Waals surface area (Å²) in [6, 6.07) is 0. The molecule has 0 aliphatic carbocycles. The van der Waals surface area contributed by atoms with Crippen molar-refractivity contribution in [3.05, 3.63) is 0 Å². The zero-order valence-corrected chi connectivity index (χ0v) is 3.22. The average molecular weight is 90.1 g/mol. The molecule has 0 saturated carbocycles. The molecule has 1 saturated heterocycles. The fourth-order valence-corrected chi connectivity index (χ4v) is 0.175. The van der Waals surface area contributed by atoms with E-state index in [4.69, 9.17) is 10.2 Å². The summed E-state index contributed by atoms with van der Waals surface area (Å²) in [5.74, 6) is -1.15. The van der Waals surface area contributed by atoms with Crippen molar-refractivity contribution in [2.45, 2.75) is 5.79 Å². The van der Waals surface area contributed by atoms with Gasteiger partial charge in [-0.25, -0.2) is 0 Å². The first-order chi connectivity index (χ1) is 2.77. The number of aliphatic hydroxyl groups is 2. The van der Waals surface area contributed by atoms with E-state index in [2.05, 4.69) is 4.74 Å². The van der Waals surface area contributed by atoms with Crippen LogP contribution in [0.4, 0.5) is 0 Å². The van der Waals surface area contributed by atoms with Crippen LogP contribution in [0.3, 0.4) is 0 Å². The van der Waals surface area contributed by atoms with Crippen LogP contribution in [0, 0.1) is 0 Å². The van der Waals surface area contributed by atoms with Crippen LogP contribution in [0.2, 0.25) is 0 Å². The highest BCUT2D eigenvalue weighted by atomic mass is 16.7. The van der Waals surface area contributed by atoms with Crippen molar-refractivity contribution >= 4 is 0 Å². The number of ether oxygens (including phenoxy) is 1. The maximum Gasteiger partial charge on any atom is 0.213 e. The highest BCUT2D eigenvalue weighted by molar-refractivity contribution is 4.76. The van der Waals surface area contributed by atoms with Gasteiger partial charge in [-0.1, -0.05) is 0 Å². The number of hydrogen-bond acceptors (Lipinski definition) is 3. The first kappa shape index (κ1) is 4.05. The van der Waals surface area contributed by atoms with Gasteiger partial charge in [0.05, 0.1) is 6.61 Å². The highest BCUT2D eigenvalue weighted by Crippen LogP contribution is 2.20. The maximum absolute atomic E-state index is 8.47. The Morgan fingerprint density at radius 1 is 1.83 bits per heavy atom. The Balaban J connectivity index is 2.28. The molecule has 0 bridgehead atoms. The van der Waals surface area contributed by atoms with Crippen molar-refractivity contribution < 1.29 is 14.9 Å². The van der Waals surface area contributed by atoms with Crippen LogP contribution in [0.5, 0.6) is 0 Å². The first-order valence-corrected chi connectivity index (χ1v) is 1.74. The Hall–Kier alpha value is -0.120. The predicted octanol–water partition coefficient (Wildman–Crippen LogP) is -1.30. The molecule has 0 radical (unpaired) electrons. The van der Waals surface area contributed by atoms with Gasteiger partial charge in [0.1, 0.15) is 6.61 Å². The Kier molecular flexibility index (Phi) is 0.629. The van der Waals surface area contributed by atoms with Gasteiger partial charge in [0.15, 0.2) is 0 Å². The van der Waals surface area contributed by atoms with E-state index in [1.807, 2.05) is 0 Å². The van der Waals surface area contributed by atoms with E-state index in [9.17, 15) is 0 Å². The lowest BCUT2D eigenvalue weighted by Crippen LogP contribution is -2.13. The average Bonchev–Trinajstić information content (AvgIpc) is 2.22. The molecule has 6 heavy (non-hydrogen) atoms. The quantitative estimate of drug-likeness (QED) is 0.393. The molecule has 1 fully saturated rings. The summed E-state index contributed by atoms with van der Waals surface area (Å²) in [6.07, 6.45) is 0. The van der Waals surface area contributed by atoms with E-state index in [0.29, 0.717) is 0 Å². The van der Waals surface area contributed by atoms with Crippen molar-refractivity contribution in [3.8, 4) is 0 Å². The summed E-state index contributed by atoms with van der Waals surface area (Å²) >= 11 is 0. The van der Waals surface area contributed by atoms with Crippen LogP contribution in [-0.4, -0.2) is 29.2 Å². The second-order valence-corrected chi connectivity index (χ2v) is 1.39. The Labute approximate surface area is 35.2 Å². The number of hydrogen-bond donors (Lipinski definition) is 2. The summed E-state index contributed by atoms with van der Waals surface area (Å²) in [6.45, 7) is -0.00347. The fourth-order valence-electron chi connectivity index (χ4n) is 0.175. The van der Waals surface area contributed by atoms with Crippen molar-refractivity contribution in [2.75, 3.05) is 13.2 Å². The fraction of sp³-hybridized carbons (Fsp3) is 1.00. The van der Waals surface area contributed by atoms with E-state index < -0.39 is 5.79 Å². The van der Waals surface area contributed by atoms with Gasteiger partial charge in [0.2, 0.25) is 5.79 Å². The molecule has 1 rings (SSSR count). The molecule has 1 aliphatic rings. The van der Waals surface area contributed by atoms with Gasteiger partial charge >= 0.3 is 0 Å². The smallest absolute Gasteiger partial charge is 0.213 e. The molecule has 1 aliphatic heterocycles. The Morgan fingerprint density at radius 3 is 2.33 bits per heavy atom. The molecule has 3 heteroatoms. The van der Waals surface area contributed by atoms with Gasteiger partial charge in [-0.2, -0.15) is 0 Å². The molecule has 3 nitrogen and oxygen atoms in total. The van der Waals surface area contributed by atoms with E-state index in [1.165, 1.54) is 0 Å². The molecule has 0 unspecified atom stereocenters. The predicted molar refractivity (Wildman–Crippen MR) is 18.0 cm³/mol. The topological polar surface area (TPSA) is 53.0 Å². The monoisotopic (exact) mass is 90.0 g/mol. The van der Waals surface area contributed by atoms with Crippen molar-refractivity contribution in [2.24, 2.45) is 0 Å². The summed E-state index contributed by atoms with van der Waals surface area (Å²) in [5.41, 5.74) is 0. The third kappa shape index (κ3) is 0.518. The largest absolute Gasteiger partial charge is 0.391 e. The minimum atomic E-state index is -1.15. The van der Waals surface area contributed by atoms with Gasteiger partial charge in [-0.15, -0.1) is 0 Å². The Morgan fingerprint density at radius 2 is 2.33 bits per heavy atom. The van der Waals surface area contributed by atoms with Crippen LogP contribution in [0.1, 0.15) is 0 Å². The highest BCUT2D eigenvalue weighted by Gasteiger charge is 2.41. The number of aliphatic hydroxyl groups excluding tert-OH is 1. The second kappa shape index (κ2) is 0.932. The molecular weight excluding hydrogens is 84.0 g/mol. The van der Waals surface area contributed by atoms with Crippen molar-refractivity contribution in [3.63, 3.8) is 0 Å². The lowest BCUT2D eigenvalue weighted by molar-refractivity contribution is -0.0129. The van der Waals surface area contributed by atoms with E-state index in [1.54, 1.807) is 0 Å².